The highest BCUT2D eigenvalue weighted by Gasteiger charge is 2.32. The molecule has 0 unspecified atom stereocenters. The Morgan fingerprint density at radius 2 is 2.04 bits per heavy atom. The van der Waals surface area contributed by atoms with E-state index in [1.807, 2.05) is 6.07 Å². The maximum atomic E-state index is 12.1. The largest absolute Gasteiger partial charge is 0.353 e. The monoisotopic (exact) mass is 352 g/mol. The van der Waals surface area contributed by atoms with E-state index in [1.165, 1.54) is 0 Å². The number of carbonyl (C=O) groups is 1. The van der Waals surface area contributed by atoms with E-state index in [4.69, 9.17) is 14.7 Å². The topological polar surface area (TPSA) is 105 Å². The second kappa shape index (κ2) is 7.30. The summed E-state index contributed by atoms with van der Waals surface area (Å²) in [5.74, 6) is -2.10. The SMILES string of the molecule is CC1(C)OC[C@@H](CNC(=O)CS(=O)(=O)Cc2ccc(C#N)cc2)O1. The van der Waals surface area contributed by atoms with Gasteiger partial charge in [-0.3, -0.25) is 4.79 Å². The highest BCUT2D eigenvalue weighted by Crippen LogP contribution is 2.21. The molecule has 7 nitrogen and oxygen atoms in total. The van der Waals surface area contributed by atoms with Crippen LogP contribution in [0.25, 0.3) is 0 Å². The summed E-state index contributed by atoms with van der Waals surface area (Å²) in [6.45, 7) is 4.10. The van der Waals surface area contributed by atoms with E-state index in [-0.39, 0.29) is 18.4 Å². The van der Waals surface area contributed by atoms with Crippen LogP contribution in [-0.4, -0.2) is 45.1 Å². The molecule has 1 N–H and O–H groups in total. The van der Waals surface area contributed by atoms with E-state index in [0.717, 1.165) is 0 Å². The van der Waals surface area contributed by atoms with Crippen molar-refractivity contribution >= 4 is 15.7 Å². The summed E-state index contributed by atoms with van der Waals surface area (Å²) in [6, 6.07) is 8.19. The smallest absolute Gasteiger partial charge is 0.235 e. The minimum atomic E-state index is -3.59. The molecule has 0 aliphatic carbocycles. The number of nitriles is 1. The molecule has 1 heterocycles. The first-order chi connectivity index (χ1) is 11.2. The van der Waals surface area contributed by atoms with E-state index in [1.54, 1.807) is 38.1 Å². The van der Waals surface area contributed by atoms with Gasteiger partial charge in [-0.1, -0.05) is 12.1 Å². The highest BCUT2D eigenvalue weighted by molar-refractivity contribution is 7.91. The molecule has 8 heteroatoms. The number of nitrogens with zero attached hydrogens (tertiary/aromatic N) is 1. The van der Waals surface area contributed by atoms with Crippen LogP contribution in [-0.2, 0) is 29.9 Å². The lowest BCUT2D eigenvalue weighted by molar-refractivity contribution is -0.139. The maximum absolute atomic E-state index is 12.1. The molecule has 1 aliphatic heterocycles. The number of ether oxygens (including phenoxy) is 2. The summed E-state index contributed by atoms with van der Waals surface area (Å²) in [5.41, 5.74) is 0.992. The molecule has 0 saturated carbocycles. The van der Waals surface area contributed by atoms with Gasteiger partial charge in [0.25, 0.3) is 0 Å². The van der Waals surface area contributed by atoms with Gasteiger partial charge in [0.05, 0.1) is 24.0 Å². The summed E-state index contributed by atoms with van der Waals surface area (Å²) >= 11 is 0. The minimum Gasteiger partial charge on any atom is -0.353 e. The first-order valence-corrected chi connectivity index (χ1v) is 9.29. The van der Waals surface area contributed by atoms with Gasteiger partial charge in [-0.25, -0.2) is 8.42 Å². The van der Waals surface area contributed by atoms with Crippen LogP contribution in [0.1, 0.15) is 25.0 Å². The Bertz CT molecular complexity index is 735. The second-order valence-corrected chi connectivity index (χ2v) is 8.16. The van der Waals surface area contributed by atoms with Crippen LogP contribution in [0.5, 0.6) is 0 Å². The number of benzene rings is 1. The number of hydrogen-bond acceptors (Lipinski definition) is 6. The summed E-state index contributed by atoms with van der Waals surface area (Å²) in [6.07, 6.45) is -0.287. The number of carbonyl (C=O) groups excluding carboxylic acids is 1. The zero-order valence-electron chi connectivity index (χ0n) is 13.6. The number of amides is 1. The molecule has 0 aromatic heterocycles. The fourth-order valence-electron chi connectivity index (χ4n) is 2.32. The normalized spacial score (nSPS) is 19.6. The van der Waals surface area contributed by atoms with Crippen molar-refractivity contribution in [3.8, 4) is 6.07 Å². The van der Waals surface area contributed by atoms with Crippen molar-refractivity contribution in [1.29, 1.82) is 5.26 Å². The average molecular weight is 352 g/mol. The lowest BCUT2D eigenvalue weighted by Gasteiger charge is -2.17. The van der Waals surface area contributed by atoms with Crippen molar-refractivity contribution in [2.45, 2.75) is 31.5 Å². The quantitative estimate of drug-likeness (QED) is 0.809. The second-order valence-electron chi connectivity index (χ2n) is 6.10. The van der Waals surface area contributed by atoms with Gasteiger partial charge in [-0.05, 0) is 31.5 Å². The van der Waals surface area contributed by atoms with Gasteiger partial charge in [-0.15, -0.1) is 0 Å². The first kappa shape index (κ1) is 18.4. The molecule has 1 aromatic rings. The molecule has 1 aromatic carbocycles. The lowest BCUT2D eigenvalue weighted by atomic mass is 10.2. The third kappa shape index (κ3) is 5.60. The van der Waals surface area contributed by atoms with E-state index in [9.17, 15) is 13.2 Å². The summed E-state index contributed by atoms with van der Waals surface area (Å²) in [5, 5.41) is 11.3. The van der Waals surface area contributed by atoms with Gasteiger partial charge >= 0.3 is 0 Å². The van der Waals surface area contributed by atoms with E-state index in [0.29, 0.717) is 17.7 Å². The van der Waals surface area contributed by atoms with Crippen molar-refractivity contribution in [3.05, 3.63) is 35.4 Å². The van der Waals surface area contributed by atoms with Gasteiger partial charge in [0.2, 0.25) is 5.91 Å². The summed E-state index contributed by atoms with van der Waals surface area (Å²) in [7, 11) is -3.59. The van der Waals surface area contributed by atoms with Gasteiger partial charge < -0.3 is 14.8 Å². The summed E-state index contributed by atoms with van der Waals surface area (Å²) in [4.78, 5) is 11.8. The number of nitrogens with one attached hydrogen (secondary N) is 1. The van der Waals surface area contributed by atoms with E-state index >= 15 is 0 Å². The van der Waals surface area contributed by atoms with Crippen LogP contribution in [0.4, 0.5) is 0 Å². The fourth-order valence-corrected chi connectivity index (χ4v) is 3.63. The molecule has 1 atom stereocenters. The van der Waals surface area contributed by atoms with Crippen molar-refractivity contribution in [1.82, 2.24) is 5.32 Å². The predicted octanol–water partition coefficient (Wildman–Crippen LogP) is 0.741. The highest BCUT2D eigenvalue weighted by atomic mass is 32.2. The Balaban J connectivity index is 1.82. The Kier molecular flexibility index (Phi) is 5.59. The van der Waals surface area contributed by atoms with Crippen molar-refractivity contribution < 1.29 is 22.7 Å². The molecule has 130 valence electrons. The van der Waals surface area contributed by atoms with Crippen LogP contribution in [0.3, 0.4) is 0 Å². The van der Waals surface area contributed by atoms with Crippen LogP contribution in [0.2, 0.25) is 0 Å². The molecule has 0 spiro atoms. The van der Waals surface area contributed by atoms with E-state index < -0.39 is 27.3 Å². The maximum Gasteiger partial charge on any atom is 0.235 e. The zero-order valence-corrected chi connectivity index (χ0v) is 14.4. The van der Waals surface area contributed by atoms with Crippen molar-refractivity contribution in [2.24, 2.45) is 0 Å². The van der Waals surface area contributed by atoms with Crippen LogP contribution in [0, 0.1) is 11.3 Å². The Morgan fingerprint density at radius 3 is 2.58 bits per heavy atom. The standard InChI is InChI=1S/C16H20N2O5S/c1-16(2)22-9-14(23-16)8-18-15(19)11-24(20,21)10-13-5-3-12(7-17)4-6-13/h3-6,14H,8-11H2,1-2H3,(H,18,19)/t14-/m1/s1. The lowest BCUT2D eigenvalue weighted by Crippen LogP contribution is -2.37. The predicted molar refractivity (Wildman–Crippen MR) is 86.6 cm³/mol. The van der Waals surface area contributed by atoms with Gasteiger partial charge in [0.1, 0.15) is 11.9 Å². The Morgan fingerprint density at radius 1 is 1.38 bits per heavy atom. The fraction of sp³-hybridized carbons (Fsp3) is 0.500. The number of hydrogen-bond donors (Lipinski definition) is 1. The van der Waals surface area contributed by atoms with Crippen LogP contribution < -0.4 is 5.32 Å². The molecule has 1 amide bonds. The molecule has 0 bridgehead atoms. The van der Waals surface area contributed by atoms with Gasteiger partial charge in [0, 0.05) is 6.54 Å². The molecule has 2 rings (SSSR count). The molecule has 0 radical (unpaired) electrons. The van der Waals surface area contributed by atoms with Crippen molar-refractivity contribution in [2.75, 3.05) is 18.9 Å². The van der Waals surface area contributed by atoms with Crippen molar-refractivity contribution in [3.63, 3.8) is 0 Å². The third-order valence-electron chi connectivity index (χ3n) is 3.41. The Hall–Kier alpha value is -1.95. The zero-order chi connectivity index (χ0) is 17.8. The number of rotatable bonds is 6. The molecule has 1 aliphatic rings. The Labute approximate surface area is 141 Å². The van der Waals surface area contributed by atoms with Gasteiger partial charge in [0.15, 0.2) is 15.6 Å². The molecular formula is C16H20N2O5S. The number of sulfone groups is 1. The molecular weight excluding hydrogens is 332 g/mol. The first-order valence-electron chi connectivity index (χ1n) is 7.47. The minimum absolute atomic E-state index is 0.203. The third-order valence-corrected chi connectivity index (χ3v) is 4.89. The van der Waals surface area contributed by atoms with Gasteiger partial charge in [-0.2, -0.15) is 5.26 Å². The average Bonchev–Trinajstić information content (AvgIpc) is 2.84. The molecule has 1 fully saturated rings. The van der Waals surface area contributed by atoms with Crippen LogP contribution in [0.15, 0.2) is 24.3 Å². The summed E-state index contributed by atoms with van der Waals surface area (Å²) < 4.78 is 35.1. The van der Waals surface area contributed by atoms with Crippen LogP contribution >= 0.6 is 0 Å². The molecule has 24 heavy (non-hydrogen) atoms. The molecule has 1 saturated heterocycles. The van der Waals surface area contributed by atoms with E-state index in [2.05, 4.69) is 5.32 Å².